The highest BCUT2D eigenvalue weighted by Gasteiger charge is 2.02. The number of hydrogen-bond donors (Lipinski definition) is 1. The van der Waals surface area contributed by atoms with Gasteiger partial charge in [-0.25, -0.2) is 0 Å². The van der Waals surface area contributed by atoms with Crippen molar-refractivity contribution >= 4 is 18.4 Å². The van der Waals surface area contributed by atoms with Crippen molar-refractivity contribution in [3.63, 3.8) is 0 Å². The summed E-state index contributed by atoms with van der Waals surface area (Å²) >= 11 is 0. The van der Waals surface area contributed by atoms with Crippen LogP contribution in [0.15, 0.2) is 0 Å². The van der Waals surface area contributed by atoms with Gasteiger partial charge >= 0.3 is 5.97 Å². The van der Waals surface area contributed by atoms with E-state index in [2.05, 4.69) is 6.92 Å². The second-order valence-electron chi connectivity index (χ2n) is 6.00. The normalized spacial score (nSPS) is 10.3. The van der Waals surface area contributed by atoms with E-state index in [0.29, 0.717) is 13.0 Å². The molecule has 134 valence electrons. The lowest BCUT2D eigenvalue weighted by atomic mass is 10.1. The van der Waals surface area contributed by atoms with E-state index in [1.54, 1.807) is 0 Å². The fraction of sp³-hybridized carbons (Fsp3) is 0.944. The highest BCUT2D eigenvalue weighted by molar-refractivity contribution is 5.85. The first-order valence-corrected chi connectivity index (χ1v) is 9.17. The van der Waals surface area contributed by atoms with Gasteiger partial charge in [0.2, 0.25) is 0 Å². The summed E-state index contributed by atoms with van der Waals surface area (Å²) in [6.07, 6.45) is 16.3. The van der Waals surface area contributed by atoms with Gasteiger partial charge in [-0.1, -0.05) is 71.1 Å². The van der Waals surface area contributed by atoms with E-state index in [1.165, 1.54) is 57.8 Å². The zero-order valence-electron chi connectivity index (χ0n) is 14.6. The summed E-state index contributed by atoms with van der Waals surface area (Å²) in [7, 11) is 0. The minimum atomic E-state index is -0.00769. The number of halogens is 1. The number of unbranched alkanes of at least 4 members (excludes halogenated alkanes) is 11. The predicted molar refractivity (Wildman–Crippen MR) is 97.6 cm³/mol. The standard InChI is InChI=1S/C18H37NO2.ClH/c1-2-3-4-5-11-14-17-21-18(20)15-12-9-7-6-8-10-13-16-19;/h2-17,19H2,1H3;1H. The van der Waals surface area contributed by atoms with Gasteiger partial charge in [0.15, 0.2) is 0 Å². The molecule has 0 unspecified atom stereocenters. The van der Waals surface area contributed by atoms with Crippen LogP contribution in [0.5, 0.6) is 0 Å². The summed E-state index contributed by atoms with van der Waals surface area (Å²) in [6, 6.07) is 0. The van der Waals surface area contributed by atoms with Crippen LogP contribution in [0.3, 0.4) is 0 Å². The van der Waals surface area contributed by atoms with Gasteiger partial charge in [-0.15, -0.1) is 12.4 Å². The largest absolute Gasteiger partial charge is 0.466 e. The molecule has 2 N–H and O–H groups in total. The summed E-state index contributed by atoms with van der Waals surface area (Å²) in [6.45, 7) is 3.65. The number of carbonyl (C=O) groups is 1. The van der Waals surface area contributed by atoms with Crippen molar-refractivity contribution in [3.05, 3.63) is 0 Å². The Morgan fingerprint density at radius 3 is 1.86 bits per heavy atom. The Labute approximate surface area is 144 Å². The molecule has 0 saturated heterocycles. The van der Waals surface area contributed by atoms with Gasteiger partial charge in [0, 0.05) is 6.42 Å². The number of hydrogen-bond acceptors (Lipinski definition) is 3. The molecule has 0 aliphatic heterocycles. The van der Waals surface area contributed by atoms with Gasteiger partial charge in [-0.3, -0.25) is 4.79 Å². The molecule has 0 atom stereocenters. The molecule has 0 saturated carbocycles. The van der Waals surface area contributed by atoms with Crippen molar-refractivity contribution in [2.75, 3.05) is 13.2 Å². The molecule has 0 heterocycles. The van der Waals surface area contributed by atoms with Crippen molar-refractivity contribution in [2.45, 2.75) is 96.8 Å². The molecule has 0 bridgehead atoms. The lowest BCUT2D eigenvalue weighted by Crippen LogP contribution is -2.05. The minimum absolute atomic E-state index is 0. The molecule has 0 aromatic carbocycles. The maximum absolute atomic E-state index is 11.5. The van der Waals surface area contributed by atoms with Gasteiger partial charge in [0.05, 0.1) is 6.61 Å². The third kappa shape index (κ3) is 19.7. The van der Waals surface area contributed by atoms with Crippen molar-refractivity contribution < 1.29 is 9.53 Å². The van der Waals surface area contributed by atoms with Crippen LogP contribution in [0.2, 0.25) is 0 Å². The molecular weight excluding hydrogens is 298 g/mol. The Morgan fingerprint density at radius 2 is 1.27 bits per heavy atom. The zero-order valence-corrected chi connectivity index (χ0v) is 15.4. The predicted octanol–water partition coefficient (Wildman–Crippen LogP) is 5.39. The maximum atomic E-state index is 11.5. The van der Waals surface area contributed by atoms with Crippen molar-refractivity contribution in [1.82, 2.24) is 0 Å². The van der Waals surface area contributed by atoms with E-state index < -0.39 is 0 Å². The van der Waals surface area contributed by atoms with Crippen LogP contribution < -0.4 is 5.73 Å². The monoisotopic (exact) mass is 335 g/mol. The second-order valence-corrected chi connectivity index (χ2v) is 6.00. The van der Waals surface area contributed by atoms with Crippen LogP contribution in [-0.4, -0.2) is 19.1 Å². The minimum Gasteiger partial charge on any atom is -0.466 e. The number of carbonyl (C=O) groups excluding carboxylic acids is 1. The fourth-order valence-electron chi connectivity index (χ4n) is 2.44. The number of ether oxygens (including phenoxy) is 1. The first-order valence-electron chi connectivity index (χ1n) is 9.17. The van der Waals surface area contributed by atoms with Gasteiger partial charge in [-0.05, 0) is 25.8 Å². The molecule has 0 aromatic heterocycles. The highest BCUT2D eigenvalue weighted by Crippen LogP contribution is 2.09. The van der Waals surface area contributed by atoms with Crippen LogP contribution in [-0.2, 0) is 9.53 Å². The van der Waals surface area contributed by atoms with Crippen LogP contribution in [0.1, 0.15) is 96.8 Å². The van der Waals surface area contributed by atoms with E-state index in [1.807, 2.05) is 0 Å². The summed E-state index contributed by atoms with van der Waals surface area (Å²) in [5.74, 6) is -0.00769. The van der Waals surface area contributed by atoms with Crippen LogP contribution in [0.4, 0.5) is 0 Å². The average Bonchev–Trinajstić information content (AvgIpc) is 2.49. The molecule has 4 heteroatoms. The van der Waals surface area contributed by atoms with Crippen LogP contribution in [0, 0.1) is 0 Å². The summed E-state index contributed by atoms with van der Waals surface area (Å²) in [5.41, 5.74) is 5.45. The highest BCUT2D eigenvalue weighted by atomic mass is 35.5. The lowest BCUT2D eigenvalue weighted by Gasteiger charge is -2.05. The molecular formula is C18H38ClNO2. The molecule has 3 nitrogen and oxygen atoms in total. The maximum Gasteiger partial charge on any atom is 0.305 e. The first-order chi connectivity index (χ1) is 10.3. The van der Waals surface area contributed by atoms with Crippen LogP contribution >= 0.6 is 12.4 Å². The Morgan fingerprint density at radius 1 is 0.773 bits per heavy atom. The van der Waals surface area contributed by atoms with E-state index in [-0.39, 0.29) is 18.4 Å². The number of nitrogens with two attached hydrogens (primary N) is 1. The molecule has 0 amide bonds. The first kappa shape index (κ1) is 24.0. The lowest BCUT2D eigenvalue weighted by molar-refractivity contribution is -0.143. The molecule has 0 fully saturated rings. The Balaban J connectivity index is 0. The molecule has 0 aliphatic carbocycles. The van der Waals surface area contributed by atoms with Crippen molar-refractivity contribution in [2.24, 2.45) is 5.73 Å². The smallest absolute Gasteiger partial charge is 0.305 e. The number of esters is 1. The van der Waals surface area contributed by atoms with Gasteiger partial charge in [-0.2, -0.15) is 0 Å². The molecule has 0 rings (SSSR count). The Hall–Kier alpha value is -0.280. The third-order valence-corrected chi connectivity index (χ3v) is 3.85. The van der Waals surface area contributed by atoms with Crippen LogP contribution in [0.25, 0.3) is 0 Å². The second kappa shape index (κ2) is 20.7. The van der Waals surface area contributed by atoms with Crippen molar-refractivity contribution in [3.8, 4) is 0 Å². The van der Waals surface area contributed by atoms with E-state index in [0.717, 1.165) is 32.2 Å². The van der Waals surface area contributed by atoms with Gasteiger partial charge in [0.25, 0.3) is 0 Å². The molecule has 22 heavy (non-hydrogen) atoms. The molecule has 0 spiro atoms. The summed E-state index contributed by atoms with van der Waals surface area (Å²) in [4.78, 5) is 11.5. The third-order valence-electron chi connectivity index (χ3n) is 3.85. The molecule has 0 radical (unpaired) electrons. The Kier molecular flexibility index (Phi) is 22.6. The van der Waals surface area contributed by atoms with E-state index >= 15 is 0 Å². The SMILES string of the molecule is CCCCCCCCOC(=O)CCCCCCCCCN.Cl. The topological polar surface area (TPSA) is 52.3 Å². The summed E-state index contributed by atoms with van der Waals surface area (Å²) in [5, 5.41) is 0. The van der Waals surface area contributed by atoms with Crippen molar-refractivity contribution in [1.29, 1.82) is 0 Å². The number of rotatable bonds is 16. The van der Waals surface area contributed by atoms with Gasteiger partial charge in [0.1, 0.15) is 0 Å². The molecule has 0 aliphatic rings. The van der Waals surface area contributed by atoms with Gasteiger partial charge < -0.3 is 10.5 Å². The zero-order chi connectivity index (χ0) is 15.6. The Bertz CT molecular complexity index is 225. The summed E-state index contributed by atoms with van der Waals surface area (Å²) < 4.78 is 5.26. The quantitative estimate of drug-likeness (QED) is 0.304. The van der Waals surface area contributed by atoms with E-state index in [4.69, 9.17) is 10.5 Å². The average molecular weight is 336 g/mol. The fourth-order valence-corrected chi connectivity index (χ4v) is 2.44. The van der Waals surface area contributed by atoms with E-state index in [9.17, 15) is 4.79 Å². The molecule has 0 aromatic rings.